The van der Waals surface area contributed by atoms with Crippen LogP contribution in [0, 0.1) is 0 Å². The van der Waals surface area contributed by atoms with Crippen molar-refractivity contribution in [3.63, 3.8) is 0 Å². The molecule has 0 fully saturated rings. The Morgan fingerprint density at radius 3 is 2.96 bits per heavy atom. The molecule has 3 aromatic rings. The molecule has 5 heteroatoms. The second kappa shape index (κ2) is 6.84. The second-order valence-electron chi connectivity index (χ2n) is 6.15. The molecular weight excluding hydrogens is 332 g/mol. The molecule has 128 valence electrons. The normalized spacial score (nSPS) is 14.1. The molecule has 0 radical (unpaired) electrons. The number of hydrogen-bond donors (Lipinski definition) is 1. The Morgan fingerprint density at radius 2 is 2.08 bits per heavy atom. The highest BCUT2D eigenvalue weighted by Gasteiger charge is 2.19. The first kappa shape index (κ1) is 16.1. The standard InChI is InChI=1S/C20H20N2O2S/c1-2-24-15-9-5-3-7-13(15)11-12-17-21-19(23)18-14-8-4-6-10-16(14)25-20(18)22-17/h3,5,7,9,11-12H,2,4,6,8,10H2,1H3,(H,21,22,23)/b12-11+. The summed E-state index contributed by atoms with van der Waals surface area (Å²) in [5, 5.41) is 0.798. The van der Waals surface area contributed by atoms with Gasteiger partial charge in [0.15, 0.2) is 0 Å². The molecule has 0 aliphatic heterocycles. The summed E-state index contributed by atoms with van der Waals surface area (Å²) in [6.45, 7) is 2.58. The van der Waals surface area contributed by atoms with Gasteiger partial charge in [-0.2, -0.15) is 0 Å². The second-order valence-corrected chi connectivity index (χ2v) is 7.23. The number of nitrogens with zero attached hydrogens (tertiary/aromatic N) is 1. The van der Waals surface area contributed by atoms with Gasteiger partial charge in [-0.05, 0) is 56.4 Å². The summed E-state index contributed by atoms with van der Waals surface area (Å²) in [7, 11) is 0. The number of rotatable bonds is 4. The highest BCUT2D eigenvalue weighted by atomic mass is 32.1. The molecule has 4 rings (SSSR count). The molecule has 0 spiro atoms. The number of hydrogen-bond acceptors (Lipinski definition) is 4. The number of nitrogens with one attached hydrogen (secondary N) is 1. The zero-order valence-corrected chi connectivity index (χ0v) is 15.0. The van der Waals surface area contributed by atoms with Crippen LogP contribution in [0.5, 0.6) is 5.75 Å². The van der Waals surface area contributed by atoms with Gasteiger partial charge in [0.2, 0.25) is 0 Å². The Balaban J connectivity index is 1.72. The number of aryl methyl sites for hydroxylation is 2. The first-order valence-corrected chi connectivity index (χ1v) is 9.52. The average molecular weight is 352 g/mol. The molecule has 1 aliphatic carbocycles. The van der Waals surface area contributed by atoms with E-state index in [0.717, 1.165) is 40.8 Å². The summed E-state index contributed by atoms with van der Waals surface area (Å²) in [5.41, 5.74) is 2.16. The van der Waals surface area contributed by atoms with Crippen LogP contribution in [0.3, 0.4) is 0 Å². The zero-order valence-electron chi connectivity index (χ0n) is 14.2. The van der Waals surface area contributed by atoms with E-state index in [1.54, 1.807) is 11.3 Å². The van der Waals surface area contributed by atoms with E-state index < -0.39 is 0 Å². The average Bonchev–Trinajstić information content (AvgIpc) is 3.00. The maximum absolute atomic E-state index is 12.6. The Bertz CT molecular complexity index is 1000. The lowest BCUT2D eigenvalue weighted by Crippen LogP contribution is -2.11. The molecule has 1 aromatic carbocycles. The van der Waals surface area contributed by atoms with E-state index >= 15 is 0 Å². The molecule has 1 aliphatic rings. The number of para-hydroxylation sites is 1. The van der Waals surface area contributed by atoms with Gasteiger partial charge in [0.25, 0.3) is 5.56 Å². The minimum Gasteiger partial charge on any atom is -0.493 e. The number of thiophene rings is 1. The van der Waals surface area contributed by atoms with Crippen LogP contribution < -0.4 is 10.3 Å². The van der Waals surface area contributed by atoms with Gasteiger partial charge in [-0.15, -0.1) is 11.3 Å². The van der Waals surface area contributed by atoms with Gasteiger partial charge in [0, 0.05) is 10.4 Å². The van der Waals surface area contributed by atoms with Gasteiger partial charge in [0.1, 0.15) is 16.4 Å². The minimum absolute atomic E-state index is 0.0258. The van der Waals surface area contributed by atoms with Crippen LogP contribution in [-0.4, -0.2) is 16.6 Å². The van der Waals surface area contributed by atoms with E-state index in [-0.39, 0.29) is 5.56 Å². The number of aromatic amines is 1. The van der Waals surface area contributed by atoms with Crippen molar-refractivity contribution in [2.24, 2.45) is 0 Å². The van der Waals surface area contributed by atoms with Gasteiger partial charge in [-0.25, -0.2) is 4.98 Å². The quantitative estimate of drug-likeness (QED) is 0.755. The maximum atomic E-state index is 12.6. The molecule has 0 unspecified atom stereocenters. The molecule has 0 amide bonds. The molecule has 25 heavy (non-hydrogen) atoms. The number of H-pyrrole nitrogens is 1. The van der Waals surface area contributed by atoms with Gasteiger partial charge in [-0.1, -0.05) is 18.2 Å². The first-order chi connectivity index (χ1) is 12.3. The number of aromatic nitrogens is 2. The van der Waals surface area contributed by atoms with Crippen molar-refractivity contribution in [1.82, 2.24) is 9.97 Å². The van der Waals surface area contributed by atoms with Crippen LogP contribution in [0.25, 0.3) is 22.4 Å². The monoisotopic (exact) mass is 352 g/mol. The van der Waals surface area contributed by atoms with Gasteiger partial charge in [-0.3, -0.25) is 4.79 Å². The molecule has 0 saturated carbocycles. The van der Waals surface area contributed by atoms with E-state index in [0.29, 0.717) is 12.4 Å². The molecule has 0 atom stereocenters. The summed E-state index contributed by atoms with van der Waals surface area (Å²) in [6.07, 6.45) is 8.21. The molecule has 0 saturated heterocycles. The Labute approximate surface area is 150 Å². The predicted octanol–water partition coefficient (Wildman–Crippen LogP) is 4.43. The van der Waals surface area contributed by atoms with E-state index in [1.807, 2.05) is 43.3 Å². The van der Waals surface area contributed by atoms with Crippen LogP contribution >= 0.6 is 11.3 Å². The zero-order chi connectivity index (χ0) is 17.2. The van der Waals surface area contributed by atoms with Crippen molar-refractivity contribution in [2.75, 3.05) is 6.61 Å². The van der Waals surface area contributed by atoms with Gasteiger partial charge >= 0.3 is 0 Å². The van der Waals surface area contributed by atoms with Crippen molar-refractivity contribution in [3.8, 4) is 5.75 Å². The molecule has 0 bridgehead atoms. The van der Waals surface area contributed by atoms with Crippen molar-refractivity contribution in [3.05, 3.63) is 56.4 Å². The van der Waals surface area contributed by atoms with Crippen molar-refractivity contribution >= 4 is 33.7 Å². The first-order valence-electron chi connectivity index (χ1n) is 8.70. The fourth-order valence-corrected chi connectivity index (χ4v) is 4.60. The van der Waals surface area contributed by atoms with E-state index in [2.05, 4.69) is 9.97 Å². The van der Waals surface area contributed by atoms with Crippen LogP contribution in [0.15, 0.2) is 29.1 Å². The molecule has 4 nitrogen and oxygen atoms in total. The summed E-state index contributed by atoms with van der Waals surface area (Å²) in [4.78, 5) is 22.3. The van der Waals surface area contributed by atoms with Crippen LogP contribution in [0.1, 0.15) is 41.6 Å². The molecule has 1 N–H and O–H groups in total. The number of fused-ring (bicyclic) bond motifs is 3. The van der Waals surface area contributed by atoms with E-state index in [9.17, 15) is 4.79 Å². The third kappa shape index (κ3) is 3.12. The Morgan fingerprint density at radius 1 is 1.24 bits per heavy atom. The Kier molecular flexibility index (Phi) is 4.40. The minimum atomic E-state index is -0.0258. The lowest BCUT2D eigenvalue weighted by molar-refractivity contribution is 0.339. The van der Waals surface area contributed by atoms with Crippen LogP contribution in [0.4, 0.5) is 0 Å². The fraction of sp³-hybridized carbons (Fsp3) is 0.300. The van der Waals surface area contributed by atoms with E-state index in [1.165, 1.54) is 16.9 Å². The van der Waals surface area contributed by atoms with Crippen LogP contribution in [-0.2, 0) is 12.8 Å². The van der Waals surface area contributed by atoms with Crippen molar-refractivity contribution in [1.29, 1.82) is 0 Å². The van der Waals surface area contributed by atoms with Gasteiger partial charge in [0.05, 0.1) is 12.0 Å². The SMILES string of the molecule is CCOc1ccccc1/C=C/c1nc2sc3c(c2c(=O)[nH]1)CCCC3. The summed E-state index contributed by atoms with van der Waals surface area (Å²) < 4.78 is 5.63. The molecule has 2 heterocycles. The van der Waals surface area contributed by atoms with Gasteiger partial charge < -0.3 is 9.72 Å². The third-order valence-electron chi connectivity index (χ3n) is 4.48. The van der Waals surface area contributed by atoms with E-state index in [4.69, 9.17) is 4.74 Å². The summed E-state index contributed by atoms with van der Waals surface area (Å²) >= 11 is 1.67. The Hall–Kier alpha value is -2.40. The third-order valence-corrected chi connectivity index (χ3v) is 5.67. The molecule has 2 aromatic heterocycles. The largest absolute Gasteiger partial charge is 0.493 e. The number of ether oxygens (including phenoxy) is 1. The van der Waals surface area contributed by atoms with Crippen LogP contribution in [0.2, 0.25) is 0 Å². The topological polar surface area (TPSA) is 55.0 Å². The number of benzene rings is 1. The fourth-order valence-electron chi connectivity index (χ4n) is 3.33. The predicted molar refractivity (Wildman–Crippen MR) is 103 cm³/mol. The highest BCUT2D eigenvalue weighted by Crippen LogP contribution is 2.33. The molecular formula is C20H20N2O2S. The van der Waals surface area contributed by atoms with Crippen molar-refractivity contribution < 1.29 is 4.74 Å². The lowest BCUT2D eigenvalue weighted by Gasteiger charge is -2.09. The summed E-state index contributed by atoms with van der Waals surface area (Å²) in [5.74, 6) is 1.42. The maximum Gasteiger partial charge on any atom is 0.260 e. The summed E-state index contributed by atoms with van der Waals surface area (Å²) in [6, 6.07) is 7.84. The lowest BCUT2D eigenvalue weighted by atomic mass is 9.97. The highest BCUT2D eigenvalue weighted by molar-refractivity contribution is 7.18. The van der Waals surface area contributed by atoms with Crippen molar-refractivity contribution in [2.45, 2.75) is 32.6 Å². The smallest absolute Gasteiger partial charge is 0.260 e.